The van der Waals surface area contributed by atoms with E-state index < -0.39 is 5.82 Å². The van der Waals surface area contributed by atoms with E-state index in [1.807, 2.05) is 17.0 Å². The SMILES string of the molecule is Cl.NCc1ccc(C(=O)NC2CCN(c3ccc(Cl)c(F)c3)C2)cc1. The maximum atomic E-state index is 13.6. The summed E-state index contributed by atoms with van der Waals surface area (Å²) in [6, 6.07) is 12.1. The molecule has 7 heteroatoms. The maximum Gasteiger partial charge on any atom is 0.251 e. The lowest BCUT2D eigenvalue weighted by atomic mass is 10.1. The topological polar surface area (TPSA) is 58.4 Å². The molecule has 0 bridgehead atoms. The molecule has 1 atom stereocenters. The monoisotopic (exact) mass is 383 g/mol. The van der Waals surface area contributed by atoms with Crippen LogP contribution in [0.1, 0.15) is 22.3 Å². The molecule has 2 aromatic carbocycles. The molecule has 1 unspecified atom stereocenters. The van der Waals surface area contributed by atoms with Crippen molar-refractivity contribution in [2.45, 2.75) is 19.0 Å². The lowest BCUT2D eigenvalue weighted by molar-refractivity contribution is 0.0940. The summed E-state index contributed by atoms with van der Waals surface area (Å²) >= 11 is 5.72. The molecule has 0 radical (unpaired) electrons. The van der Waals surface area contributed by atoms with Crippen LogP contribution in [0.25, 0.3) is 0 Å². The van der Waals surface area contributed by atoms with E-state index >= 15 is 0 Å². The summed E-state index contributed by atoms with van der Waals surface area (Å²) in [5, 5.41) is 3.14. The van der Waals surface area contributed by atoms with Gasteiger partial charge in [0.05, 0.1) is 5.02 Å². The Labute approximate surface area is 157 Å². The van der Waals surface area contributed by atoms with Crippen LogP contribution in [-0.4, -0.2) is 25.0 Å². The molecular formula is C18H20Cl2FN3O. The summed E-state index contributed by atoms with van der Waals surface area (Å²) in [7, 11) is 0. The number of halogens is 3. The average Bonchev–Trinajstić information content (AvgIpc) is 3.06. The number of nitrogens with two attached hydrogens (primary N) is 1. The van der Waals surface area contributed by atoms with Crippen molar-refractivity contribution in [2.24, 2.45) is 5.73 Å². The zero-order valence-corrected chi connectivity index (χ0v) is 15.1. The van der Waals surface area contributed by atoms with Crippen molar-refractivity contribution in [3.63, 3.8) is 0 Å². The van der Waals surface area contributed by atoms with Crippen molar-refractivity contribution >= 4 is 35.6 Å². The Balaban J connectivity index is 0.00000225. The summed E-state index contributed by atoms with van der Waals surface area (Å²) < 4.78 is 13.6. The number of anilines is 1. The highest BCUT2D eigenvalue weighted by Crippen LogP contribution is 2.25. The second-order valence-electron chi connectivity index (χ2n) is 5.90. The molecule has 3 rings (SSSR count). The average molecular weight is 384 g/mol. The first-order valence-corrected chi connectivity index (χ1v) is 8.24. The minimum absolute atomic E-state index is 0. The Morgan fingerprint density at radius 3 is 2.64 bits per heavy atom. The van der Waals surface area contributed by atoms with Crippen LogP contribution < -0.4 is 16.0 Å². The molecule has 2 aromatic rings. The quantitative estimate of drug-likeness (QED) is 0.850. The lowest BCUT2D eigenvalue weighted by Gasteiger charge is -2.19. The smallest absolute Gasteiger partial charge is 0.251 e. The number of hydrogen-bond donors (Lipinski definition) is 2. The first-order valence-electron chi connectivity index (χ1n) is 7.86. The molecule has 25 heavy (non-hydrogen) atoms. The standard InChI is InChI=1S/C18H19ClFN3O.ClH/c19-16-6-5-15(9-17(16)20)23-8-7-14(11-23)22-18(24)13-3-1-12(10-21)2-4-13;/h1-6,9,14H,7-8,10-11,21H2,(H,22,24);1H. The van der Waals surface area contributed by atoms with Crippen LogP contribution in [-0.2, 0) is 6.54 Å². The Kier molecular flexibility index (Phi) is 6.64. The van der Waals surface area contributed by atoms with Crippen LogP contribution in [0, 0.1) is 5.82 Å². The van der Waals surface area contributed by atoms with Gasteiger partial charge in [0.2, 0.25) is 0 Å². The lowest BCUT2D eigenvalue weighted by Crippen LogP contribution is -2.37. The first-order chi connectivity index (χ1) is 11.6. The first kappa shape index (κ1) is 19.5. The van der Waals surface area contributed by atoms with E-state index in [1.165, 1.54) is 6.07 Å². The third kappa shape index (κ3) is 4.63. The van der Waals surface area contributed by atoms with E-state index in [-0.39, 0.29) is 29.4 Å². The van der Waals surface area contributed by atoms with Gasteiger partial charge in [0.25, 0.3) is 5.91 Å². The van der Waals surface area contributed by atoms with Gasteiger partial charge in [0.1, 0.15) is 5.82 Å². The van der Waals surface area contributed by atoms with Gasteiger partial charge < -0.3 is 16.0 Å². The second kappa shape index (κ2) is 8.52. The summed E-state index contributed by atoms with van der Waals surface area (Å²) in [4.78, 5) is 14.3. The molecule has 0 saturated carbocycles. The number of benzene rings is 2. The molecular weight excluding hydrogens is 364 g/mol. The van der Waals surface area contributed by atoms with Gasteiger partial charge in [-0.3, -0.25) is 4.79 Å². The van der Waals surface area contributed by atoms with Gasteiger partial charge in [-0.25, -0.2) is 4.39 Å². The molecule has 0 aliphatic carbocycles. The molecule has 0 aromatic heterocycles. The highest BCUT2D eigenvalue weighted by Gasteiger charge is 2.25. The highest BCUT2D eigenvalue weighted by molar-refractivity contribution is 6.30. The van der Waals surface area contributed by atoms with Gasteiger partial charge in [-0.15, -0.1) is 12.4 Å². The fourth-order valence-corrected chi connectivity index (χ4v) is 2.97. The van der Waals surface area contributed by atoms with Crippen molar-refractivity contribution in [1.82, 2.24) is 5.32 Å². The van der Waals surface area contributed by atoms with Crippen LogP contribution in [0.4, 0.5) is 10.1 Å². The van der Waals surface area contributed by atoms with E-state index in [9.17, 15) is 9.18 Å². The Morgan fingerprint density at radius 1 is 1.28 bits per heavy atom. The molecule has 4 nitrogen and oxygen atoms in total. The van der Waals surface area contributed by atoms with Crippen molar-refractivity contribution in [3.8, 4) is 0 Å². The zero-order valence-electron chi connectivity index (χ0n) is 13.5. The molecule has 1 aliphatic heterocycles. The number of carbonyl (C=O) groups excluding carboxylic acids is 1. The number of rotatable bonds is 4. The van der Waals surface area contributed by atoms with Crippen molar-refractivity contribution in [2.75, 3.05) is 18.0 Å². The highest BCUT2D eigenvalue weighted by atomic mass is 35.5. The van der Waals surface area contributed by atoms with Gasteiger partial charge in [-0.05, 0) is 42.3 Å². The minimum atomic E-state index is -0.429. The number of nitrogens with zero attached hydrogens (tertiary/aromatic N) is 1. The predicted octanol–water partition coefficient (Wildman–Crippen LogP) is 3.37. The van der Waals surface area contributed by atoms with Crippen LogP contribution in [0.5, 0.6) is 0 Å². The number of hydrogen-bond acceptors (Lipinski definition) is 3. The molecule has 1 saturated heterocycles. The van der Waals surface area contributed by atoms with Crippen molar-refractivity contribution < 1.29 is 9.18 Å². The van der Waals surface area contributed by atoms with Gasteiger partial charge in [-0.1, -0.05) is 23.7 Å². The van der Waals surface area contributed by atoms with E-state index in [0.717, 1.165) is 24.2 Å². The van der Waals surface area contributed by atoms with E-state index in [0.29, 0.717) is 18.7 Å². The fourth-order valence-electron chi connectivity index (χ4n) is 2.86. The summed E-state index contributed by atoms with van der Waals surface area (Å²) in [6.45, 7) is 1.86. The molecule has 0 spiro atoms. The van der Waals surface area contributed by atoms with E-state index in [4.69, 9.17) is 17.3 Å². The Hall–Kier alpha value is -1.82. The molecule has 134 valence electrons. The third-order valence-electron chi connectivity index (χ3n) is 4.24. The van der Waals surface area contributed by atoms with Crippen LogP contribution in [0.15, 0.2) is 42.5 Å². The number of amides is 1. The summed E-state index contributed by atoms with van der Waals surface area (Å²) in [5.41, 5.74) is 7.94. The number of carbonyl (C=O) groups is 1. The van der Waals surface area contributed by atoms with Gasteiger partial charge in [0, 0.05) is 36.9 Å². The van der Waals surface area contributed by atoms with Crippen LogP contribution in [0.3, 0.4) is 0 Å². The minimum Gasteiger partial charge on any atom is -0.369 e. The van der Waals surface area contributed by atoms with Gasteiger partial charge in [-0.2, -0.15) is 0 Å². The molecule has 1 amide bonds. The Bertz CT molecular complexity index is 740. The summed E-state index contributed by atoms with van der Waals surface area (Å²) in [6.07, 6.45) is 0.816. The fraction of sp³-hybridized carbons (Fsp3) is 0.278. The maximum absolute atomic E-state index is 13.6. The Morgan fingerprint density at radius 2 is 2.00 bits per heavy atom. The van der Waals surface area contributed by atoms with Crippen molar-refractivity contribution in [1.29, 1.82) is 0 Å². The van der Waals surface area contributed by atoms with Crippen LogP contribution in [0.2, 0.25) is 5.02 Å². The van der Waals surface area contributed by atoms with E-state index in [2.05, 4.69) is 5.32 Å². The van der Waals surface area contributed by atoms with Crippen LogP contribution >= 0.6 is 24.0 Å². The largest absolute Gasteiger partial charge is 0.369 e. The third-order valence-corrected chi connectivity index (χ3v) is 4.55. The van der Waals surface area contributed by atoms with Crippen molar-refractivity contribution in [3.05, 3.63) is 64.4 Å². The molecule has 3 N–H and O–H groups in total. The predicted molar refractivity (Wildman–Crippen MR) is 101 cm³/mol. The normalized spacial score (nSPS) is 16.4. The van der Waals surface area contributed by atoms with Gasteiger partial charge in [0.15, 0.2) is 0 Å². The zero-order chi connectivity index (χ0) is 17.1. The molecule has 1 aliphatic rings. The van der Waals surface area contributed by atoms with Gasteiger partial charge >= 0.3 is 0 Å². The molecule has 1 heterocycles. The summed E-state index contributed by atoms with van der Waals surface area (Å²) in [5.74, 6) is -0.533. The van der Waals surface area contributed by atoms with E-state index in [1.54, 1.807) is 24.3 Å². The number of nitrogens with one attached hydrogen (secondary N) is 1. The molecule has 1 fully saturated rings. The second-order valence-corrected chi connectivity index (χ2v) is 6.31.